The van der Waals surface area contributed by atoms with Gasteiger partial charge in [-0.3, -0.25) is 4.79 Å². The van der Waals surface area contributed by atoms with Crippen molar-refractivity contribution >= 4 is 27.5 Å². The van der Waals surface area contributed by atoms with Gasteiger partial charge in [-0.15, -0.1) is 9.50 Å². The summed E-state index contributed by atoms with van der Waals surface area (Å²) in [5.41, 5.74) is 0.680. The van der Waals surface area contributed by atoms with Gasteiger partial charge in [0.1, 0.15) is 11.5 Å². The molecule has 0 saturated carbocycles. The molecule has 2 heterocycles. The Hall–Kier alpha value is -3.18. The molecule has 1 aliphatic heterocycles. The van der Waals surface area contributed by atoms with E-state index in [-0.39, 0.29) is 21.2 Å². The van der Waals surface area contributed by atoms with E-state index in [2.05, 4.69) is 9.50 Å². The first kappa shape index (κ1) is 22.0. The van der Waals surface area contributed by atoms with Crippen LogP contribution >= 0.6 is 11.5 Å². The Morgan fingerprint density at radius 1 is 0.969 bits per heavy atom. The van der Waals surface area contributed by atoms with Gasteiger partial charge in [0.15, 0.2) is 10.4 Å². The minimum Gasteiger partial charge on any atom is -0.497 e. The summed E-state index contributed by atoms with van der Waals surface area (Å²) in [7, 11) is -0.993. The summed E-state index contributed by atoms with van der Waals surface area (Å²) in [6.07, 6.45) is 1.82. The normalized spacial score (nSPS) is 14.6. The van der Waals surface area contributed by atoms with E-state index in [1.165, 1.54) is 23.3 Å². The zero-order chi connectivity index (χ0) is 22.7. The highest BCUT2D eigenvalue weighted by Gasteiger charge is 2.26. The van der Waals surface area contributed by atoms with Crippen molar-refractivity contribution in [3.63, 3.8) is 0 Å². The van der Waals surface area contributed by atoms with E-state index >= 15 is 0 Å². The molecule has 1 aromatic heterocycles. The quantitative estimate of drug-likeness (QED) is 0.544. The average molecular weight is 475 g/mol. The number of amides is 1. The lowest BCUT2D eigenvalue weighted by Gasteiger charge is -2.12. The number of methoxy groups -OCH3 is 2. The van der Waals surface area contributed by atoms with Crippen LogP contribution in [0.5, 0.6) is 11.5 Å². The van der Waals surface area contributed by atoms with Gasteiger partial charge in [-0.2, -0.15) is 12.5 Å². The summed E-state index contributed by atoms with van der Waals surface area (Å²) < 4.78 is 41.7. The van der Waals surface area contributed by atoms with E-state index in [1.54, 1.807) is 48.4 Å². The SMILES string of the molecule is COc1ccc(-n2nc(C(=O)N3CCCC3)/c(=N\S(=O)(=O)c3ccc(OC)cc3)s2)cc1. The summed E-state index contributed by atoms with van der Waals surface area (Å²) >= 11 is 0.989. The van der Waals surface area contributed by atoms with Crippen molar-refractivity contribution < 1.29 is 22.7 Å². The second-order valence-electron chi connectivity index (χ2n) is 7.06. The van der Waals surface area contributed by atoms with Gasteiger partial charge in [-0.1, -0.05) is 0 Å². The fourth-order valence-electron chi connectivity index (χ4n) is 3.27. The van der Waals surface area contributed by atoms with Crippen LogP contribution in [0.2, 0.25) is 0 Å². The molecule has 4 rings (SSSR count). The first-order valence-corrected chi connectivity index (χ1v) is 12.1. The van der Waals surface area contributed by atoms with Gasteiger partial charge in [0, 0.05) is 13.1 Å². The Labute approximate surface area is 189 Å². The molecule has 0 spiro atoms. The van der Waals surface area contributed by atoms with Crippen LogP contribution in [-0.2, 0) is 10.0 Å². The van der Waals surface area contributed by atoms with Crippen LogP contribution in [0.4, 0.5) is 0 Å². The number of benzene rings is 2. The van der Waals surface area contributed by atoms with Crippen molar-refractivity contribution in [3.05, 3.63) is 58.9 Å². The van der Waals surface area contributed by atoms with Gasteiger partial charge in [-0.25, -0.2) is 0 Å². The van der Waals surface area contributed by atoms with Gasteiger partial charge < -0.3 is 14.4 Å². The van der Waals surface area contributed by atoms with Crippen molar-refractivity contribution in [1.82, 2.24) is 14.1 Å². The summed E-state index contributed by atoms with van der Waals surface area (Å²) in [6, 6.07) is 13.0. The standard InChI is InChI=1S/C21H22N4O5S2/c1-29-16-7-5-15(6-8-16)25-22-19(21(26)24-13-3-4-14-24)20(31-25)23-32(27,28)18-11-9-17(30-2)10-12-18/h5-12H,3-4,13-14H2,1-2H3/b23-20+. The predicted octanol–water partition coefficient (Wildman–Crippen LogP) is 2.48. The fraction of sp³-hybridized carbons (Fsp3) is 0.286. The Bertz CT molecular complexity index is 1270. The molecule has 2 aromatic carbocycles. The number of sulfonamides is 1. The first-order chi connectivity index (χ1) is 15.4. The van der Waals surface area contributed by atoms with Crippen molar-refractivity contribution in [2.24, 2.45) is 4.40 Å². The Balaban J connectivity index is 1.80. The number of aromatic nitrogens is 2. The van der Waals surface area contributed by atoms with Crippen LogP contribution in [-0.4, -0.2) is 55.7 Å². The Morgan fingerprint density at radius 3 is 2.09 bits per heavy atom. The molecule has 1 fully saturated rings. The second-order valence-corrected chi connectivity index (χ2v) is 9.58. The monoisotopic (exact) mass is 474 g/mol. The minimum atomic E-state index is -4.06. The van der Waals surface area contributed by atoms with Crippen LogP contribution in [0.25, 0.3) is 5.69 Å². The number of nitrogens with zero attached hydrogens (tertiary/aromatic N) is 4. The minimum absolute atomic E-state index is 0.00210. The summed E-state index contributed by atoms with van der Waals surface area (Å²) in [5.74, 6) is 0.880. The number of rotatable bonds is 6. The first-order valence-electron chi connectivity index (χ1n) is 9.91. The molecule has 11 heteroatoms. The van der Waals surface area contributed by atoms with Gasteiger partial charge in [0.2, 0.25) is 0 Å². The summed E-state index contributed by atoms with van der Waals surface area (Å²) in [5, 5.41) is 4.41. The lowest BCUT2D eigenvalue weighted by atomic mass is 10.3. The maximum Gasteiger partial charge on any atom is 0.283 e. The number of hydrogen-bond acceptors (Lipinski definition) is 7. The number of carbonyl (C=O) groups is 1. The highest BCUT2D eigenvalue weighted by atomic mass is 32.2. The summed E-state index contributed by atoms with van der Waals surface area (Å²) in [4.78, 5) is 14.8. The van der Waals surface area contributed by atoms with Crippen molar-refractivity contribution in [3.8, 4) is 17.2 Å². The van der Waals surface area contributed by atoms with Gasteiger partial charge in [-0.05, 0) is 72.9 Å². The van der Waals surface area contributed by atoms with E-state index in [9.17, 15) is 13.2 Å². The second kappa shape index (κ2) is 9.13. The largest absolute Gasteiger partial charge is 0.497 e. The number of carbonyl (C=O) groups excluding carboxylic acids is 1. The molecule has 0 radical (unpaired) electrons. The van der Waals surface area contributed by atoms with E-state index in [0.717, 1.165) is 24.4 Å². The molecule has 1 saturated heterocycles. The molecule has 32 heavy (non-hydrogen) atoms. The van der Waals surface area contributed by atoms with E-state index in [0.29, 0.717) is 30.3 Å². The van der Waals surface area contributed by atoms with Gasteiger partial charge >= 0.3 is 0 Å². The van der Waals surface area contributed by atoms with E-state index in [1.807, 2.05) is 0 Å². The van der Waals surface area contributed by atoms with Crippen LogP contribution in [0.15, 0.2) is 57.8 Å². The van der Waals surface area contributed by atoms with Gasteiger partial charge in [0.25, 0.3) is 15.9 Å². The topological polar surface area (TPSA) is 103 Å². The molecular weight excluding hydrogens is 452 g/mol. The molecule has 0 atom stereocenters. The van der Waals surface area contributed by atoms with Crippen molar-refractivity contribution in [1.29, 1.82) is 0 Å². The Morgan fingerprint density at radius 2 is 1.53 bits per heavy atom. The lowest BCUT2D eigenvalue weighted by molar-refractivity contribution is 0.0785. The fourth-order valence-corrected chi connectivity index (χ4v) is 5.32. The lowest BCUT2D eigenvalue weighted by Crippen LogP contribution is -2.31. The molecule has 9 nitrogen and oxygen atoms in total. The third-order valence-corrected chi connectivity index (χ3v) is 7.35. The third kappa shape index (κ3) is 4.53. The molecule has 0 N–H and O–H groups in total. The van der Waals surface area contributed by atoms with E-state index in [4.69, 9.17) is 9.47 Å². The summed E-state index contributed by atoms with van der Waals surface area (Å²) in [6.45, 7) is 1.23. The zero-order valence-corrected chi connectivity index (χ0v) is 19.2. The number of ether oxygens (including phenoxy) is 2. The molecule has 0 bridgehead atoms. The molecule has 168 valence electrons. The molecule has 0 aliphatic carbocycles. The number of likely N-dealkylation sites (tertiary alicyclic amines) is 1. The maximum atomic E-state index is 13.1. The van der Waals surface area contributed by atoms with Crippen molar-refractivity contribution in [2.75, 3.05) is 27.3 Å². The molecular formula is C21H22N4O5S2. The van der Waals surface area contributed by atoms with Gasteiger partial charge in [0.05, 0.1) is 24.8 Å². The maximum absolute atomic E-state index is 13.1. The highest BCUT2D eigenvalue weighted by Crippen LogP contribution is 2.19. The van der Waals surface area contributed by atoms with Crippen LogP contribution < -0.4 is 14.1 Å². The highest BCUT2D eigenvalue weighted by molar-refractivity contribution is 7.90. The molecule has 1 aliphatic rings. The van der Waals surface area contributed by atoms with Crippen LogP contribution in [0.1, 0.15) is 23.3 Å². The predicted molar refractivity (Wildman–Crippen MR) is 119 cm³/mol. The zero-order valence-electron chi connectivity index (χ0n) is 17.6. The molecule has 3 aromatic rings. The molecule has 1 amide bonds. The van der Waals surface area contributed by atoms with Crippen molar-refractivity contribution in [2.45, 2.75) is 17.7 Å². The smallest absolute Gasteiger partial charge is 0.283 e. The average Bonchev–Trinajstić information content (AvgIpc) is 3.49. The Kier molecular flexibility index (Phi) is 6.28. The molecule has 0 unspecified atom stereocenters. The third-order valence-electron chi connectivity index (χ3n) is 5.02. The van der Waals surface area contributed by atoms with E-state index < -0.39 is 10.0 Å². The number of hydrogen-bond donors (Lipinski definition) is 0. The van der Waals surface area contributed by atoms with Crippen LogP contribution in [0, 0.1) is 0 Å². The van der Waals surface area contributed by atoms with Crippen LogP contribution in [0.3, 0.4) is 0 Å².